The average molecular weight is 935 g/mol. The van der Waals surface area contributed by atoms with Gasteiger partial charge in [0.1, 0.15) is 11.2 Å². The first-order valence-corrected chi connectivity index (χ1v) is 25.8. The Morgan fingerprint density at radius 1 is 0.216 bits per heavy atom. The summed E-state index contributed by atoms with van der Waals surface area (Å²) in [5.41, 5.74) is 19.4. The molecular formula is C73H42O. The number of hydrogen-bond acceptors (Lipinski definition) is 1. The first-order valence-electron chi connectivity index (χ1n) is 25.8. The third-order valence-corrected chi connectivity index (χ3v) is 17.0. The molecule has 15 aromatic rings. The second kappa shape index (κ2) is 14.8. The van der Waals surface area contributed by atoms with Crippen LogP contribution in [0.5, 0.6) is 0 Å². The number of benzene rings is 14. The zero-order valence-electron chi connectivity index (χ0n) is 40.2. The Bertz CT molecular complexity index is 4870. The predicted molar refractivity (Wildman–Crippen MR) is 311 cm³/mol. The summed E-state index contributed by atoms with van der Waals surface area (Å²) < 4.78 is 6.30. The molecule has 0 saturated carbocycles. The molecule has 1 heteroatoms. The highest BCUT2D eigenvalue weighted by molar-refractivity contribution is 6.28. The topological polar surface area (TPSA) is 13.1 Å². The van der Waals surface area contributed by atoms with E-state index < -0.39 is 5.41 Å². The Labute approximate surface area is 426 Å². The Morgan fingerprint density at radius 3 is 1.19 bits per heavy atom. The molecule has 0 unspecified atom stereocenters. The monoisotopic (exact) mass is 934 g/mol. The van der Waals surface area contributed by atoms with Gasteiger partial charge in [-0.05, 0) is 173 Å². The Morgan fingerprint density at radius 2 is 0.595 bits per heavy atom. The largest absolute Gasteiger partial charge is 0.456 e. The van der Waals surface area contributed by atoms with E-state index in [1.807, 2.05) is 6.07 Å². The minimum absolute atomic E-state index is 0.558. The first-order chi connectivity index (χ1) is 36.7. The molecule has 0 N–H and O–H groups in total. The molecule has 1 spiro atoms. The lowest BCUT2D eigenvalue weighted by molar-refractivity contribution is 0.669. The van der Waals surface area contributed by atoms with E-state index in [4.69, 9.17) is 4.42 Å². The van der Waals surface area contributed by atoms with Crippen molar-refractivity contribution in [2.45, 2.75) is 5.41 Å². The van der Waals surface area contributed by atoms with Crippen LogP contribution in [-0.2, 0) is 5.41 Å². The van der Waals surface area contributed by atoms with Crippen molar-refractivity contribution in [1.29, 1.82) is 0 Å². The maximum absolute atomic E-state index is 6.30. The molecule has 0 aliphatic heterocycles. The van der Waals surface area contributed by atoms with Crippen molar-refractivity contribution in [2.24, 2.45) is 0 Å². The number of para-hydroxylation sites is 1. The molecule has 0 atom stereocenters. The summed E-state index contributed by atoms with van der Waals surface area (Å²) in [5, 5.41) is 17.5. The standard InChI is InChI=1S/C73H42O/c1-4-26-53-47(20-1)48-21-3-10-32-59(48)71-69(53)70-54-27-5-2-22-49(54)61-41-44(36-38-60(61)72(70)73(71)63-33-14-11-23-50(63)51-24-12-15-34-64(51)73)43-18-17-19-45(40-43)67-55-28-6-8-30-57(55)68(58-31-9-7-29-56(58)67)46-37-39-66-62(42-46)52-25-13-16-35-65(52)74-66/h1-42H. The summed E-state index contributed by atoms with van der Waals surface area (Å²) in [6.45, 7) is 0. The van der Waals surface area contributed by atoms with E-state index in [2.05, 4.69) is 249 Å². The van der Waals surface area contributed by atoms with Crippen LogP contribution in [0.2, 0.25) is 0 Å². The third kappa shape index (κ3) is 5.13. The van der Waals surface area contributed by atoms with E-state index >= 15 is 0 Å². The Balaban J connectivity index is 0.920. The number of hydrogen-bond donors (Lipinski definition) is 0. The fourth-order valence-corrected chi connectivity index (χ4v) is 14.2. The zero-order chi connectivity index (χ0) is 48.2. The molecule has 1 heterocycles. The molecule has 0 saturated heterocycles. The molecule has 2 aliphatic carbocycles. The quantitative estimate of drug-likeness (QED) is 0.127. The molecule has 74 heavy (non-hydrogen) atoms. The summed E-state index contributed by atoms with van der Waals surface area (Å²) >= 11 is 0. The van der Waals surface area contributed by atoms with Gasteiger partial charge < -0.3 is 4.42 Å². The molecule has 0 bridgehead atoms. The van der Waals surface area contributed by atoms with Crippen molar-refractivity contribution < 1.29 is 4.42 Å². The molecule has 17 rings (SSSR count). The van der Waals surface area contributed by atoms with Crippen molar-refractivity contribution in [3.63, 3.8) is 0 Å². The van der Waals surface area contributed by atoms with E-state index in [0.29, 0.717) is 0 Å². The van der Waals surface area contributed by atoms with Gasteiger partial charge in [-0.3, -0.25) is 0 Å². The van der Waals surface area contributed by atoms with Crippen LogP contribution in [0.1, 0.15) is 22.3 Å². The van der Waals surface area contributed by atoms with Gasteiger partial charge in [0.05, 0.1) is 5.41 Å². The van der Waals surface area contributed by atoms with E-state index in [9.17, 15) is 0 Å². The molecule has 0 radical (unpaired) electrons. The van der Waals surface area contributed by atoms with Gasteiger partial charge in [-0.1, -0.05) is 224 Å². The smallest absolute Gasteiger partial charge is 0.135 e. The molecule has 0 fully saturated rings. The van der Waals surface area contributed by atoms with Gasteiger partial charge in [-0.15, -0.1) is 0 Å². The van der Waals surface area contributed by atoms with Gasteiger partial charge >= 0.3 is 0 Å². The fraction of sp³-hybridized carbons (Fsp3) is 0.0137. The summed E-state index contributed by atoms with van der Waals surface area (Å²) in [5.74, 6) is 0. The molecule has 1 aromatic heterocycles. The van der Waals surface area contributed by atoms with Gasteiger partial charge in [-0.2, -0.15) is 0 Å². The Hall–Kier alpha value is -9.56. The predicted octanol–water partition coefficient (Wildman–Crippen LogP) is 19.8. The third-order valence-electron chi connectivity index (χ3n) is 17.0. The molecule has 340 valence electrons. The van der Waals surface area contributed by atoms with Crippen LogP contribution in [0.3, 0.4) is 0 Å². The minimum Gasteiger partial charge on any atom is -0.456 e. The van der Waals surface area contributed by atoms with Crippen molar-refractivity contribution in [2.75, 3.05) is 0 Å². The zero-order valence-corrected chi connectivity index (χ0v) is 40.2. The van der Waals surface area contributed by atoms with Crippen LogP contribution in [0.25, 0.3) is 142 Å². The van der Waals surface area contributed by atoms with Crippen LogP contribution in [0, 0.1) is 0 Å². The van der Waals surface area contributed by atoms with Crippen molar-refractivity contribution in [1.82, 2.24) is 0 Å². The number of furan rings is 1. The van der Waals surface area contributed by atoms with Crippen LogP contribution in [-0.4, -0.2) is 0 Å². The van der Waals surface area contributed by atoms with Crippen LogP contribution in [0.15, 0.2) is 259 Å². The first kappa shape index (κ1) is 40.1. The second-order valence-corrected chi connectivity index (χ2v) is 20.5. The van der Waals surface area contributed by atoms with E-state index in [-0.39, 0.29) is 0 Å². The lowest BCUT2D eigenvalue weighted by atomic mass is 9.68. The van der Waals surface area contributed by atoms with Crippen LogP contribution < -0.4 is 0 Å². The summed E-state index contributed by atoms with van der Waals surface area (Å²) in [6.07, 6.45) is 0. The maximum Gasteiger partial charge on any atom is 0.135 e. The van der Waals surface area contributed by atoms with Gasteiger partial charge in [0, 0.05) is 10.8 Å². The maximum atomic E-state index is 6.30. The lowest BCUT2D eigenvalue weighted by Crippen LogP contribution is -2.26. The van der Waals surface area contributed by atoms with Crippen molar-refractivity contribution in [3.8, 4) is 55.6 Å². The average Bonchev–Trinajstić information content (AvgIpc) is 4.31. The van der Waals surface area contributed by atoms with Gasteiger partial charge in [0.2, 0.25) is 0 Å². The van der Waals surface area contributed by atoms with Crippen LogP contribution >= 0.6 is 0 Å². The SMILES string of the molecule is c1cc(-c2ccc3c4c(c5ccccc5c3c2)-c2c(c3ccccc3c3ccccc23)C42c3ccccc3-c3ccccc32)cc(-c2c3ccccc3c(-c3ccc4oc5ccccc5c4c3)c3ccccc23)c1. The van der Waals surface area contributed by atoms with Crippen LogP contribution in [0.4, 0.5) is 0 Å². The molecule has 1 nitrogen and oxygen atoms in total. The summed E-state index contributed by atoms with van der Waals surface area (Å²) in [4.78, 5) is 0. The highest BCUT2D eigenvalue weighted by atomic mass is 16.3. The number of fused-ring (bicyclic) bond motifs is 25. The number of rotatable bonds is 3. The normalized spacial score (nSPS) is 13.2. The molecule has 14 aromatic carbocycles. The lowest BCUT2D eigenvalue weighted by Gasteiger charge is -2.33. The van der Waals surface area contributed by atoms with Gasteiger partial charge in [0.25, 0.3) is 0 Å². The van der Waals surface area contributed by atoms with E-state index in [1.54, 1.807) is 0 Å². The fourth-order valence-electron chi connectivity index (χ4n) is 14.2. The van der Waals surface area contributed by atoms with E-state index in [0.717, 1.165) is 21.9 Å². The summed E-state index contributed by atoms with van der Waals surface area (Å²) in [6, 6.07) is 95.5. The highest BCUT2D eigenvalue weighted by Crippen LogP contribution is 2.68. The van der Waals surface area contributed by atoms with Gasteiger partial charge in [-0.25, -0.2) is 0 Å². The molecule has 0 amide bonds. The molecule has 2 aliphatic rings. The van der Waals surface area contributed by atoms with Crippen molar-refractivity contribution in [3.05, 3.63) is 277 Å². The van der Waals surface area contributed by atoms with Crippen molar-refractivity contribution >= 4 is 86.6 Å². The van der Waals surface area contributed by atoms with E-state index in [1.165, 1.54) is 143 Å². The highest BCUT2D eigenvalue weighted by Gasteiger charge is 2.54. The summed E-state index contributed by atoms with van der Waals surface area (Å²) in [7, 11) is 0. The minimum atomic E-state index is -0.558. The van der Waals surface area contributed by atoms with Gasteiger partial charge in [0.15, 0.2) is 0 Å². The Kier molecular flexibility index (Phi) is 8.00. The second-order valence-electron chi connectivity index (χ2n) is 20.5. The molecular weight excluding hydrogens is 893 g/mol.